The highest BCUT2D eigenvalue weighted by Gasteiger charge is 2.25. The van der Waals surface area contributed by atoms with E-state index in [-0.39, 0.29) is 5.91 Å². The Kier molecular flexibility index (Phi) is 4.39. The number of amides is 1. The van der Waals surface area contributed by atoms with E-state index in [1.165, 1.54) is 0 Å². The molecule has 0 N–H and O–H groups in total. The SMILES string of the molecule is CCOc1ccc2c(c1)CCCN2C(=O)c1cccc(-n2cccn2)n1. The van der Waals surface area contributed by atoms with Crippen molar-refractivity contribution in [2.45, 2.75) is 19.8 Å². The maximum atomic E-state index is 13.1. The lowest BCUT2D eigenvalue weighted by molar-refractivity contribution is 0.0980. The molecule has 0 spiro atoms. The maximum Gasteiger partial charge on any atom is 0.276 e. The number of aryl methyl sites for hydroxylation is 1. The summed E-state index contributed by atoms with van der Waals surface area (Å²) in [5.41, 5.74) is 2.49. The Balaban J connectivity index is 1.65. The molecule has 132 valence electrons. The zero-order valence-electron chi connectivity index (χ0n) is 14.6. The number of carbonyl (C=O) groups excluding carboxylic acids is 1. The third kappa shape index (κ3) is 3.06. The Labute approximate surface area is 152 Å². The number of fused-ring (bicyclic) bond motifs is 1. The van der Waals surface area contributed by atoms with Crippen LogP contribution in [0.3, 0.4) is 0 Å². The lowest BCUT2D eigenvalue weighted by Crippen LogP contribution is -2.36. The van der Waals surface area contributed by atoms with Crippen LogP contribution in [0.1, 0.15) is 29.4 Å². The number of ether oxygens (including phenoxy) is 1. The fourth-order valence-electron chi connectivity index (χ4n) is 3.25. The number of aromatic nitrogens is 3. The number of hydrogen-bond donors (Lipinski definition) is 0. The lowest BCUT2D eigenvalue weighted by atomic mass is 10.0. The standard InChI is InChI=1S/C20H20N4O2/c1-2-26-16-9-10-18-15(14-16)6-4-12-23(18)20(25)17-7-3-8-19(22-17)24-13-5-11-21-24/h3,5,7-11,13-14H,2,4,6,12H2,1H3. The summed E-state index contributed by atoms with van der Waals surface area (Å²) in [7, 11) is 0. The second-order valence-corrected chi connectivity index (χ2v) is 6.12. The summed E-state index contributed by atoms with van der Waals surface area (Å²) < 4.78 is 7.23. The quantitative estimate of drug-likeness (QED) is 0.726. The molecule has 0 atom stereocenters. The fraction of sp³-hybridized carbons (Fsp3) is 0.250. The van der Waals surface area contributed by atoms with Gasteiger partial charge in [0.15, 0.2) is 5.82 Å². The van der Waals surface area contributed by atoms with Crippen LogP contribution in [0.2, 0.25) is 0 Å². The van der Waals surface area contributed by atoms with Crippen molar-refractivity contribution in [3.63, 3.8) is 0 Å². The van der Waals surface area contributed by atoms with E-state index in [4.69, 9.17) is 4.74 Å². The van der Waals surface area contributed by atoms with Gasteiger partial charge in [-0.15, -0.1) is 0 Å². The summed E-state index contributed by atoms with van der Waals surface area (Å²) in [4.78, 5) is 19.4. The van der Waals surface area contributed by atoms with Crippen molar-refractivity contribution in [1.82, 2.24) is 14.8 Å². The van der Waals surface area contributed by atoms with Crippen molar-refractivity contribution in [2.75, 3.05) is 18.1 Å². The molecule has 0 saturated heterocycles. The summed E-state index contributed by atoms with van der Waals surface area (Å²) in [6.07, 6.45) is 5.36. The van der Waals surface area contributed by atoms with Crippen LogP contribution in [0, 0.1) is 0 Å². The van der Waals surface area contributed by atoms with Crippen LogP contribution in [0.25, 0.3) is 5.82 Å². The molecule has 4 rings (SSSR count). The van der Waals surface area contributed by atoms with Crippen molar-refractivity contribution in [1.29, 1.82) is 0 Å². The van der Waals surface area contributed by atoms with Crippen molar-refractivity contribution < 1.29 is 9.53 Å². The summed E-state index contributed by atoms with van der Waals surface area (Å²) in [5.74, 6) is 1.38. The van der Waals surface area contributed by atoms with Crippen LogP contribution in [-0.4, -0.2) is 33.8 Å². The largest absolute Gasteiger partial charge is 0.494 e. The molecule has 1 aliphatic heterocycles. The lowest BCUT2D eigenvalue weighted by Gasteiger charge is -2.29. The molecule has 0 radical (unpaired) electrons. The first-order valence-corrected chi connectivity index (χ1v) is 8.81. The van der Waals surface area contributed by atoms with Crippen molar-refractivity contribution >= 4 is 11.6 Å². The Bertz CT molecular complexity index is 921. The van der Waals surface area contributed by atoms with E-state index < -0.39 is 0 Å². The number of benzene rings is 1. The predicted molar refractivity (Wildman–Crippen MR) is 99.0 cm³/mol. The first-order valence-electron chi connectivity index (χ1n) is 8.81. The van der Waals surface area contributed by atoms with Gasteiger partial charge in [-0.1, -0.05) is 6.07 Å². The molecule has 3 aromatic rings. The molecule has 1 amide bonds. The van der Waals surface area contributed by atoms with Gasteiger partial charge in [0.05, 0.1) is 6.61 Å². The molecule has 3 heterocycles. The fourth-order valence-corrected chi connectivity index (χ4v) is 3.25. The number of carbonyl (C=O) groups is 1. The summed E-state index contributed by atoms with van der Waals surface area (Å²) in [5, 5.41) is 4.18. The number of pyridine rings is 1. The minimum absolute atomic E-state index is 0.0934. The third-order valence-corrected chi connectivity index (χ3v) is 4.42. The van der Waals surface area contributed by atoms with Crippen LogP contribution >= 0.6 is 0 Å². The van der Waals surface area contributed by atoms with Crippen LogP contribution in [-0.2, 0) is 6.42 Å². The Morgan fingerprint density at radius 1 is 1.23 bits per heavy atom. The van der Waals surface area contributed by atoms with Crippen LogP contribution in [0.5, 0.6) is 5.75 Å². The topological polar surface area (TPSA) is 60.2 Å². The molecule has 6 nitrogen and oxygen atoms in total. The third-order valence-electron chi connectivity index (χ3n) is 4.42. The summed E-state index contributed by atoms with van der Waals surface area (Å²) >= 11 is 0. The highest BCUT2D eigenvalue weighted by atomic mass is 16.5. The average molecular weight is 348 g/mol. The van der Waals surface area contributed by atoms with E-state index in [0.717, 1.165) is 29.8 Å². The molecular formula is C20H20N4O2. The molecule has 2 aromatic heterocycles. The van der Waals surface area contributed by atoms with Gasteiger partial charge in [0.1, 0.15) is 11.4 Å². The second kappa shape index (κ2) is 7.00. The molecule has 0 unspecified atom stereocenters. The van der Waals surface area contributed by atoms with Crippen LogP contribution in [0.15, 0.2) is 54.9 Å². The van der Waals surface area contributed by atoms with Gasteiger partial charge < -0.3 is 9.64 Å². The number of rotatable bonds is 4. The minimum Gasteiger partial charge on any atom is -0.494 e. The highest BCUT2D eigenvalue weighted by molar-refractivity contribution is 6.05. The molecule has 0 bridgehead atoms. The molecule has 0 saturated carbocycles. The Morgan fingerprint density at radius 2 is 2.15 bits per heavy atom. The number of anilines is 1. The predicted octanol–water partition coefficient (Wildman–Crippen LogP) is 3.26. The number of nitrogens with zero attached hydrogens (tertiary/aromatic N) is 4. The minimum atomic E-state index is -0.0934. The molecule has 6 heteroatoms. The zero-order chi connectivity index (χ0) is 17.9. The average Bonchev–Trinajstić information content (AvgIpc) is 3.22. The first-order chi connectivity index (χ1) is 12.8. The molecule has 0 fully saturated rings. The van der Waals surface area contributed by atoms with Gasteiger partial charge in [0.2, 0.25) is 0 Å². The van der Waals surface area contributed by atoms with E-state index in [2.05, 4.69) is 10.1 Å². The smallest absolute Gasteiger partial charge is 0.276 e. The second-order valence-electron chi connectivity index (χ2n) is 6.12. The van der Waals surface area contributed by atoms with Crippen molar-refractivity contribution in [3.05, 3.63) is 66.1 Å². The Morgan fingerprint density at radius 3 is 2.96 bits per heavy atom. The number of hydrogen-bond acceptors (Lipinski definition) is 4. The van der Waals surface area contributed by atoms with Crippen LogP contribution < -0.4 is 9.64 Å². The molecule has 1 aliphatic rings. The van der Waals surface area contributed by atoms with E-state index >= 15 is 0 Å². The van der Waals surface area contributed by atoms with Gasteiger partial charge in [-0.2, -0.15) is 5.10 Å². The van der Waals surface area contributed by atoms with Gasteiger partial charge in [-0.3, -0.25) is 4.79 Å². The summed E-state index contributed by atoms with van der Waals surface area (Å²) in [6, 6.07) is 13.2. The van der Waals surface area contributed by atoms with E-state index in [1.54, 1.807) is 16.9 Å². The van der Waals surface area contributed by atoms with Crippen LogP contribution in [0.4, 0.5) is 5.69 Å². The van der Waals surface area contributed by atoms with E-state index in [0.29, 0.717) is 24.7 Å². The molecule has 0 aliphatic carbocycles. The molecule has 26 heavy (non-hydrogen) atoms. The van der Waals surface area contributed by atoms with Gasteiger partial charge in [0, 0.05) is 24.6 Å². The first kappa shape index (κ1) is 16.3. The monoisotopic (exact) mass is 348 g/mol. The normalized spacial score (nSPS) is 13.3. The van der Waals surface area contributed by atoms with E-state index in [9.17, 15) is 4.79 Å². The van der Waals surface area contributed by atoms with E-state index in [1.807, 2.05) is 54.4 Å². The molecule has 1 aromatic carbocycles. The van der Waals surface area contributed by atoms with Gasteiger partial charge in [-0.05, 0) is 61.7 Å². The Hall–Kier alpha value is -3.15. The molecular weight excluding hydrogens is 328 g/mol. The highest BCUT2D eigenvalue weighted by Crippen LogP contribution is 2.31. The van der Waals surface area contributed by atoms with Gasteiger partial charge in [0.25, 0.3) is 5.91 Å². The zero-order valence-corrected chi connectivity index (χ0v) is 14.6. The van der Waals surface area contributed by atoms with Gasteiger partial charge >= 0.3 is 0 Å². The maximum absolute atomic E-state index is 13.1. The summed E-state index contributed by atoms with van der Waals surface area (Å²) in [6.45, 7) is 3.28. The van der Waals surface area contributed by atoms with Gasteiger partial charge in [-0.25, -0.2) is 9.67 Å². The van der Waals surface area contributed by atoms with Crippen molar-refractivity contribution in [3.8, 4) is 11.6 Å². The van der Waals surface area contributed by atoms with Crippen molar-refractivity contribution in [2.24, 2.45) is 0 Å².